The highest BCUT2D eigenvalue weighted by atomic mass is 31.2. The van der Waals surface area contributed by atoms with Crippen molar-refractivity contribution in [3.63, 3.8) is 0 Å². The molecule has 1 unspecified atom stereocenters. The summed E-state index contributed by atoms with van der Waals surface area (Å²) >= 11 is 0. The lowest BCUT2D eigenvalue weighted by molar-refractivity contribution is -0.161. The van der Waals surface area contributed by atoms with Crippen LogP contribution < -0.4 is 5.73 Å². The first kappa shape index (κ1) is 53.9. The first-order valence-corrected chi connectivity index (χ1v) is 23.7. The molecular formula is C45H82NO9P. The predicted octanol–water partition coefficient (Wildman–Crippen LogP) is 11.7. The van der Waals surface area contributed by atoms with Crippen LogP contribution in [0.1, 0.15) is 187 Å². The van der Waals surface area contributed by atoms with Crippen LogP contribution in [0.15, 0.2) is 48.6 Å². The molecule has 0 saturated heterocycles. The molecule has 0 heterocycles. The van der Waals surface area contributed by atoms with Gasteiger partial charge in [0.05, 0.1) is 19.3 Å². The van der Waals surface area contributed by atoms with Crippen molar-refractivity contribution in [1.82, 2.24) is 0 Å². The van der Waals surface area contributed by atoms with Crippen LogP contribution in [0.3, 0.4) is 0 Å². The molecule has 3 atom stereocenters. The molecule has 0 aliphatic carbocycles. The SMILES string of the molecule is CCCCC/C=C\C[C@@H](O)/C=C/C=C\C/C=C\CCCC(=O)OC[C@H](COP(=O)(O)OCCN)OC(=O)CCCCCCCCCCCCCCCCCCC. The second-order valence-corrected chi connectivity index (χ2v) is 16.2. The van der Waals surface area contributed by atoms with Gasteiger partial charge < -0.3 is 25.2 Å². The number of phosphoric acid groups is 1. The molecule has 0 amide bonds. The van der Waals surface area contributed by atoms with Gasteiger partial charge in [-0.15, -0.1) is 0 Å². The van der Waals surface area contributed by atoms with Gasteiger partial charge in [0.15, 0.2) is 6.10 Å². The summed E-state index contributed by atoms with van der Waals surface area (Å²) in [4.78, 5) is 34.9. The van der Waals surface area contributed by atoms with E-state index >= 15 is 0 Å². The van der Waals surface area contributed by atoms with Crippen molar-refractivity contribution in [3.8, 4) is 0 Å². The summed E-state index contributed by atoms with van der Waals surface area (Å²) in [5.41, 5.74) is 5.34. The molecule has 0 spiro atoms. The fourth-order valence-corrected chi connectivity index (χ4v) is 6.71. The van der Waals surface area contributed by atoms with Crippen molar-refractivity contribution in [3.05, 3.63) is 48.6 Å². The number of hydrogen-bond donors (Lipinski definition) is 3. The average molecular weight is 812 g/mol. The first-order valence-electron chi connectivity index (χ1n) is 22.2. The third-order valence-corrected chi connectivity index (χ3v) is 10.3. The molecular weight excluding hydrogens is 729 g/mol. The number of unbranched alkanes of at least 4 members (excludes halogenated alkanes) is 20. The molecule has 0 aliphatic heterocycles. The maximum Gasteiger partial charge on any atom is 0.472 e. The van der Waals surface area contributed by atoms with E-state index in [0.29, 0.717) is 25.7 Å². The van der Waals surface area contributed by atoms with Gasteiger partial charge in [-0.05, 0) is 44.9 Å². The van der Waals surface area contributed by atoms with Gasteiger partial charge in [-0.1, -0.05) is 178 Å². The number of aliphatic hydroxyl groups is 1. The number of rotatable bonds is 41. The van der Waals surface area contributed by atoms with Crippen LogP contribution in [0.4, 0.5) is 0 Å². The molecule has 0 fully saturated rings. The van der Waals surface area contributed by atoms with Crippen LogP contribution in [0.5, 0.6) is 0 Å². The Morgan fingerprint density at radius 2 is 1.16 bits per heavy atom. The molecule has 0 aromatic rings. The molecule has 0 bridgehead atoms. The van der Waals surface area contributed by atoms with Crippen molar-refractivity contribution in [2.45, 2.75) is 199 Å². The molecule has 10 nitrogen and oxygen atoms in total. The minimum Gasteiger partial charge on any atom is -0.462 e. The fraction of sp³-hybridized carbons (Fsp3) is 0.778. The topological polar surface area (TPSA) is 155 Å². The van der Waals surface area contributed by atoms with E-state index in [2.05, 4.69) is 19.9 Å². The number of allylic oxidation sites excluding steroid dienone is 6. The number of aliphatic hydroxyl groups excluding tert-OH is 1. The summed E-state index contributed by atoms with van der Waals surface area (Å²) in [7, 11) is -4.40. The van der Waals surface area contributed by atoms with E-state index < -0.39 is 38.6 Å². The Hall–Kier alpha value is -2.07. The predicted molar refractivity (Wildman–Crippen MR) is 230 cm³/mol. The lowest BCUT2D eigenvalue weighted by atomic mass is 10.0. The average Bonchev–Trinajstić information content (AvgIpc) is 3.18. The molecule has 0 radical (unpaired) electrons. The number of hydrogen-bond acceptors (Lipinski definition) is 9. The van der Waals surface area contributed by atoms with E-state index in [1.165, 1.54) is 103 Å². The quantitative estimate of drug-likeness (QED) is 0.0179. The summed E-state index contributed by atoms with van der Waals surface area (Å²) in [5, 5.41) is 10.0. The summed E-state index contributed by atoms with van der Waals surface area (Å²) in [6.45, 7) is 3.56. The lowest BCUT2D eigenvalue weighted by Gasteiger charge is -2.19. The maximum absolute atomic E-state index is 12.6. The third-order valence-electron chi connectivity index (χ3n) is 9.30. The van der Waals surface area contributed by atoms with Crippen molar-refractivity contribution < 1.29 is 42.7 Å². The fourth-order valence-electron chi connectivity index (χ4n) is 5.95. The smallest absolute Gasteiger partial charge is 0.462 e. The molecule has 0 saturated carbocycles. The van der Waals surface area contributed by atoms with Gasteiger partial charge in [0, 0.05) is 19.4 Å². The molecule has 0 aromatic carbocycles. The van der Waals surface area contributed by atoms with Gasteiger partial charge >= 0.3 is 19.8 Å². The first-order chi connectivity index (χ1) is 27.2. The zero-order valence-electron chi connectivity index (χ0n) is 35.5. The molecule has 11 heteroatoms. The second kappa shape index (κ2) is 41.1. The normalized spacial score (nSPS) is 14.3. The van der Waals surface area contributed by atoms with Crippen molar-refractivity contribution in [2.75, 3.05) is 26.4 Å². The summed E-state index contributed by atoms with van der Waals surface area (Å²) < 4.78 is 32.7. The van der Waals surface area contributed by atoms with E-state index in [1.54, 1.807) is 6.08 Å². The van der Waals surface area contributed by atoms with Crippen LogP contribution >= 0.6 is 7.82 Å². The minimum atomic E-state index is -4.40. The highest BCUT2D eigenvalue weighted by molar-refractivity contribution is 7.47. The van der Waals surface area contributed by atoms with Crippen LogP contribution in [0.2, 0.25) is 0 Å². The van der Waals surface area contributed by atoms with Crippen LogP contribution in [-0.2, 0) is 32.7 Å². The monoisotopic (exact) mass is 812 g/mol. The third kappa shape index (κ3) is 40.1. The Balaban J connectivity index is 4.28. The van der Waals surface area contributed by atoms with Crippen LogP contribution in [0, 0.1) is 0 Å². The van der Waals surface area contributed by atoms with Gasteiger partial charge in [-0.3, -0.25) is 18.6 Å². The largest absolute Gasteiger partial charge is 0.472 e. The highest BCUT2D eigenvalue weighted by Crippen LogP contribution is 2.43. The Kier molecular flexibility index (Phi) is 39.6. The van der Waals surface area contributed by atoms with E-state index in [-0.39, 0.29) is 32.6 Å². The minimum absolute atomic E-state index is 0.0368. The van der Waals surface area contributed by atoms with Gasteiger partial charge in [-0.25, -0.2) is 4.57 Å². The van der Waals surface area contributed by atoms with E-state index in [4.69, 9.17) is 24.3 Å². The van der Waals surface area contributed by atoms with Crippen molar-refractivity contribution in [2.24, 2.45) is 5.73 Å². The van der Waals surface area contributed by atoms with Gasteiger partial charge in [-0.2, -0.15) is 0 Å². The molecule has 0 rings (SSSR count). The van der Waals surface area contributed by atoms with Gasteiger partial charge in [0.25, 0.3) is 0 Å². The van der Waals surface area contributed by atoms with E-state index in [9.17, 15) is 24.2 Å². The number of ether oxygens (including phenoxy) is 2. The zero-order chi connectivity index (χ0) is 41.2. The van der Waals surface area contributed by atoms with Gasteiger partial charge in [0.1, 0.15) is 6.61 Å². The van der Waals surface area contributed by atoms with Crippen LogP contribution in [0.25, 0.3) is 0 Å². The molecule has 56 heavy (non-hydrogen) atoms. The number of nitrogens with two attached hydrogens (primary N) is 1. The number of esters is 2. The number of carbonyl (C=O) groups excluding carboxylic acids is 2. The van der Waals surface area contributed by atoms with E-state index in [1.807, 2.05) is 36.5 Å². The maximum atomic E-state index is 12.6. The lowest BCUT2D eigenvalue weighted by Crippen LogP contribution is -2.29. The summed E-state index contributed by atoms with van der Waals surface area (Å²) in [6, 6.07) is 0. The zero-order valence-corrected chi connectivity index (χ0v) is 36.4. The van der Waals surface area contributed by atoms with Crippen molar-refractivity contribution in [1.29, 1.82) is 0 Å². The summed E-state index contributed by atoms with van der Waals surface area (Å²) in [5.74, 6) is -0.930. The number of carbonyl (C=O) groups is 2. The Morgan fingerprint density at radius 3 is 1.77 bits per heavy atom. The summed E-state index contributed by atoms with van der Waals surface area (Å²) in [6.07, 6.45) is 43.2. The molecule has 0 aliphatic rings. The number of phosphoric ester groups is 1. The molecule has 0 aromatic heterocycles. The van der Waals surface area contributed by atoms with Crippen LogP contribution in [-0.4, -0.2) is 60.5 Å². The Morgan fingerprint density at radius 1 is 0.625 bits per heavy atom. The van der Waals surface area contributed by atoms with E-state index in [0.717, 1.165) is 32.1 Å². The standard InChI is InChI=1S/C45H82NO9P/c1-3-5-7-9-11-12-13-14-15-16-17-18-19-20-25-29-33-37-45(49)55-43(41-54-56(50,51)53-39-38-46)40-52-44(48)36-32-28-24-22-21-23-27-31-35-42(47)34-30-26-10-8-6-4-2/h22-24,26-27,30-31,35,42-43,47H,3-21,25,28-29,32-34,36-41,46H2,1-2H3,(H,50,51)/b24-22-,27-23-,30-26-,35-31+/t42-,43-/m1/s1. The molecule has 326 valence electrons. The Labute approximate surface area is 341 Å². The second-order valence-electron chi connectivity index (χ2n) is 14.8. The highest BCUT2D eigenvalue weighted by Gasteiger charge is 2.26. The Bertz CT molecular complexity index is 1080. The molecule has 4 N–H and O–H groups in total. The van der Waals surface area contributed by atoms with Gasteiger partial charge in [0.2, 0.25) is 0 Å². The van der Waals surface area contributed by atoms with Crippen molar-refractivity contribution >= 4 is 19.8 Å².